The summed E-state index contributed by atoms with van der Waals surface area (Å²) in [5, 5.41) is 7.43. The predicted octanol–water partition coefficient (Wildman–Crippen LogP) is 3.08. The molecule has 4 rings (SSSR count). The molecule has 0 unspecified atom stereocenters. The number of hydrogen-bond acceptors (Lipinski definition) is 4. The third-order valence-electron chi connectivity index (χ3n) is 6.31. The summed E-state index contributed by atoms with van der Waals surface area (Å²) < 4.78 is 3.85. The second-order valence-corrected chi connectivity index (χ2v) is 8.73. The number of piperazine rings is 1. The molecule has 1 amide bonds. The van der Waals surface area contributed by atoms with E-state index >= 15 is 0 Å². The summed E-state index contributed by atoms with van der Waals surface area (Å²) in [4.78, 5) is 17.8. The lowest BCUT2D eigenvalue weighted by atomic mass is 10.2. The predicted molar refractivity (Wildman–Crippen MR) is 129 cm³/mol. The van der Waals surface area contributed by atoms with Crippen LogP contribution in [-0.4, -0.2) is 64.4 Å². The molecule has 7 nitrogen and oxygen atoms in total. The summed E-state index contributed by atoms with van der Waals surface area (Å²) in [5.74, 6) is 0.750. The fraction of sp³-hybridized carbons (Fsp3) is 0.440. The summed E-state index contributed by atoms with van der Waals surface area (Å²) >= 11 is 0. The highest BCUT2D eigenvalue weighted by molar-refractivity contribution is 5.97. The van der Waals surface area contributed by atoms with Crippen LogP contribution in [-0.2, 0) is 7.05 Å². The number of hydrogen-bond donors (Lipinski definition) is 1. The molecule has 0 spiro atoms. The molecule has 0 atom stereocenters. The molecule has 1 aliphatic rings. The third-order valence-corrected chi connectivity index (χ3v) is 6.31. The SMILES string of the molecule is Cc1cccc(N2CCN(CCCNC(=O)c3cnn(C)c3-n3c(C)ccc3C)CC2)c1. The molecule has 1 aliphatic heterocycles. The van der Waals surface area contributed by atoms with Crippen LogP contribution in [0.15, 0.2) is 42.6 Å². The number of nitrogens with zero attached hydrogens (tertiary/aromatic N) is 5. The Morgan fingerprint density at radius 1 is 1.03 bits per heavy atom. The van der Waals surface area contributed by atoms with Crippen LogP contribution in [0, 0.1) is 20.8 Å². The first-order valence-corrected chi connectivity index (χ1v) is 11.4. The van der Waals surface area contributed by atoms with Crippen molar-refractivity contribution in [2.75, 3.05) is 44.2 Å². The lowest BCUT2D eigenvalue weighted by Gasteiger charge is -2.36. The van der Waals surface area contributed by atoms with Gasteiger partial charge in [-0.25, -0.2) is 0 Å². The third kappa shape index (κ3) is 4.72. The number of anilines is 1. The van der Waals surface area contributed by atoms with E-state index in [9.17, 15) is 4.79 Å². The highest BCUT2D eigenvalue weighted by atomic mass is 16.1. The van der Waals surface area contributed by atoms with Gasteiger partial charge in [0.25, 0.3) is 5.91 Å². The second-order valence-electron chi connectivity index (χ2n) is 8.73. The summed E-state index contributed by atoms with van der Waals surface area (Å²) in [5.41, 5.74) is 5.41. The van der Waals surface area contributed by atoms with Gasteiger partial charge in [0.1, 0.15) is 11.4 Å². The molecule has 3 heterocycles. The van der Waals surface area contributed by atoms with Crippen LogP contribution in [0.3, 0.4) is 0 Å². The van der Waals surface area contributed by atoms with E-state index in [4.69, 9.17) is 0 Å². The Labute approximate surface area is 190 Å². The maximum Gasteiger partial charge on any atom is 0.256 e. The Morgan fingerprint density at radius 2 is 1.75 bits per heavy atom. The molecule has 0 aliphatic carbocycles. The van der Waals surface area contributed by atoms with Crippen molar-refractivity contribution in [2.24, 2.45) is 7.05 Å². The van der Waals surface area contributed by atoms with Gasteiger partial charge in [0.2, 0.25) is 0 Å². The molecule has 1 aromatic carbocycles. The molecule has 0 bridgehead atoms. The zero-order valence-corrected chi connectivity index (χ0v) is 19.6. The van der Waals surface area contributed by atoms with E-state index < -0.39 is 0 Å². The van der Waals surface area contributed by atoms with Crippen molar-refractivity contribution in [2.45, 2.75) is 27.2 Å². The first-order valence-electron chi connectivity index (χ1n) is 11.4. The van der Waals surface area contributed by atoms with E-state index in [1.165, 1.54) is 11.3 Å². The Hall–Kier alpha value is -3.06. The zero-order chi connectivity index (χ0) is 22.7. The van der Waals surface area contributed by atoms with Gasteiger partial charge >= 0.3 is 0 Å². The fourth-order valence-electron chi connectivity index (χ4n) is 4.51. The van der Waals surface area contributed by atoms with Gasteiger partial charge in [0, 0.05) is 56.8 Å². The topological polar surface area (TPSA) is 58.3 Å². The fourth-order valence-corrected chi connectivity index (χ4v) is 4.51. The number of aromatic nitrogens is 3. The molecule has 7 heteroatoms. The van der Waals surface area contributed by atoms with Gasteiger partial charge in [-0.15, -0.1) is 0 Å². The Bertz CT molecular complexity index is 1050. The van der Waals surface area contributed by atoms with Gasteiger partial charge in [0.05, 0.1) is 6.20 Å². The van der Waals surface area contributed by atoms with Crippen LogP contribution in [0.25, 0.3) is 5.82 Å². The van der Waals surface area contributed by atoms with Crippen molar-refractivity contribution in [3.8, 4) is 5.82 Å². The van der Waals surface area contributed by atoms with E-state index in [0.717, 1.165) is 56.4 Å². The van der Waals surface area contributed by atoms with Gasteiger partial charge in [-0.3, -0.25) is 14.4 Å². The normalized spacial score (nSPS) is 14.7. The van der Waals surface area contributed by atoms with Crippen molar-refractivity contribution < 1.29 is 4.79 Å². The molecule has 3 aromatic rings. The van der Waals surface area contributed by atoms with Gasteiger partial charge in [-0.1, -0.05) is 12.1 Å². The van der Waals surface area contributed by atoms with Crippen LogP contribution in [0.2, 0.25) is 0 Å². The quantitative estimate of drug-likeness (QED) is 0.581. The summed E-state index contributed by atoms with van der Waals surface area (Å²) in [6, 6.07) is 12.8. The molecule has 1 saturated heterocycles. The smallest absolute Gasteiger partial charge is 0.256 e. The maximum atomic E-state index is 12.9. The van der Waals surface area contributed by atoms with E-state index in [2.05, 4.69) is 68.1 Å². The van der Waals surface area contributed by atoms with Crippen molar-refractivity contribution in [3.05, 3.63) is 65.1 Å². The molecule has 1 N–H and O–H groups in total. The van der Waals surface area contributed by atoms with Gasteiger partial charge in [0.15, 0.2) is 0 Å². The molecule has 1 fully saturated rings. The van der Waals surface area contributed by atoms with Crippen LogP contribution in [0.1, 0.15) is 33.7 Å². The highest BCUT2D eigenvalue weighted by Gasteiger charge is 2.20. The number of amides is 1. The minimum atomic E-state index is -0.0649. The zero-order valence-electron chi connectivity index (χ0n) is 19.6. The maximum absolute atomic E-state index is 12.9. The molecular formula is C25H34N6O. The van der Waals surface area contributed by atoms with Crippen molar-refractivity contribution in [1.29, 1.82) is 0 Å². The lowest BCUT2D eigenvalue weighted by molar-refractivity contribution is 0.0951. The summed E-state index contributed by atoms with van der Waals surface area (Å²) in [7, 11) is 1.88. The number of carbonyl (C=O) groups excluding carboxylic acids is 1. The first-order chi connectivity index (χ1) is 15.4. The molecule has 0 saturated carbocycles. The minimum absolute atomic E-state index is 0.0649. The molecule has 2 aromatic heterocycles. The highest BCUT2D eigenvalue weighted by Crippen LogP contribution is 2.20. The van der Waals surface area contributed by atoms with Crippen molar-refractivity contribution in [3.63, 3.8) is 0 Å². The van der Waals surface area contributed by atoms with Crippen molar-refractivity contribution in [1.82, 2.24) is 24.6 Å². The summed E-state index contributed by atoms with van der Waals surface area (Å²) in [6.07, 6.45) is 2.60. The molecule has 32 heavy (non-hydrogen) atoms. The monoisotopic (exact) mass is 434 g/mol. The Kier molecular flexibility index (Phi) is 6.65. The van der Waals surface area contributed by atoms with Crippen molar-refractivity contribution >= 4 is 11.6 Å². The number of nitrogens with one attached hydrogen (secondary N) is 1. The average Bonchev–Trinajstić information content (AvgIpc) is 3.32. The van der Waals surface area contributed by atoms with Crippen LogP contribution in [0.4, 0.5) is 5.69 Å². The van der Waals surface area contributed by atoms with Gasteiger partial charge in [-0.05, 0) is 63.6 Å². The Morgan fingerprint density at radius 3 is 2.44 bits per heavy atom. The first kappa shape index (κ1) is 22.1. The number of carbonyl (C=O) groups is 1. The Balaban J connectivity index is 1.25. The van der Waals surface area contributed by atoms with Crippen LogP contribution < -0.4 is 10.2 Å². The largest absolute Gasteiger partial charge is 0.369 e. The number of aryl methyl sites for hydroxylation is 4. The summed E-state index contributed by atoms with van der Waals surface area (Å²) in [6.45, 7) is 12.1. The van der Waals surface area contributed by atoms with E-state index in [0.29, 0.717) is 12.1 Å². The minimum Gasteiger partial charge on any atom is -0.369 e. The van der Waals surface area contributed by atoms with E-state index in [1.807, 2.05) is 20.9 Å². The standard InChI is InChI=1S/C25H34N6O/c1-19-7-5-8-22(17-19)30-15-13-29(14-16-30)12-6-11-26-24(32)23-18-27-28(4)25(23)31-20(2)9-10-21(31)3/h5,7-10,17-18H,6,11-16H2,1-4H3,(H,26,32). The number of benzene rings is 1. The van der Waals surface area contributed by atoms with Crippen LogP contribution in [0.5, 0.6) is 0 Å². The second kappa shape index (κ2) is 9.61. The van der Waals surface area contributed by atoms with E-state index in [1.54, 1.807) is 10.9 Å². The van der Waals surface area contributed by atoms with Gasteiger partial charge < -0.3 is 14.8 Å². The molecular weight excluding hydrogens is 400 g/mol. The van der Waals surface area contributed by atoms with Gasteiger partial charge in [-0.2, -0.15) is 5.10 Å². The molecule has 0 radical (unpaired) electrons. The lowest BCUT2D eigenvalue weighted by Crippen LogP contribution is -2.47. The average molecular weight is 435 g/mol. The number of rotatable bonds is 7. The van der Waals surface area contributed by atoms with E-state index in [-0.39, 0.29) is 5.91 Å². The van der Waals surface area contributed by atoms with Crippen LogP contribution >= 0.6 is 0 Å². The molecule has 170 valence electrons.